The molecule has 0 saturated carbocycles. The van der Waals surface area contributed by atoms with E-state index in [1.54, 1.807) is 0 Å². The van der Waals surface area contributed by atoms with Crippen molar-refractivity contribution < 1.29 is 9.13 Å². The minimum atomic E-state index is -0.183. The van der Waals surface area contributed by atoms with Gasteiger partial charge in [-0.2, -0.15) is 0 Å². The van der Waals surface area contributed by atoms with Crippen LogP contribution in [0.5, 0.6) is 0 Å². The molecule has 2 aliphatic heterocycles. The summed E-state index contributed by atoms with van der Waals surface area (Å²) in [5.41, 5.74) is 1.14. The maximum Gasteiger partial charge on any atom is 0.162 e. The first-order valence-corrected chi connectivity index (χ1v) is 8.30. The van der Waals surface area contributed by atoms with E-state index in [1.807, 2.05) is 12.1 Å². The van der Waals surface area contributed by atoms with Gasteiger partial charge in [0.15, 0.2) is 5.82 Å². The van der Waals surface area contributed by atoms with Gasteiger partial charge in [-0.25, -0.2) is 4.39 Å². The number of rotatable bonds is 3. The van der Waals surface area contributed by atoms with Gasteiger partial charge in [-0.1, -0.05) is 12.1 Å². The summed E-state index contributed by atoms with van der Waals surface area (Å²) in [5.74, 6) is 1.86. The molecule has 1 fully saturated rings. The van der Waals surface area contributed by atoms with Crippen LogP contribution < -0.4 is 0 Å². The Labute approximate surface area is 135 Å². The maximum atomic E-state index is 13.0. The van der Waals surface area contributed by atoms with E-state index in [9.17, 15) is 4.39 Å². The number of hydrogen-bond acceptors (Lipinski definition) is 4. The fraction of sp³-hybridized carbons (Fsp3) is 0.529. The highest BCUT2D eigenvalue weighted by Gasteiger charge is 2.26. The summed E-state index contributed by atoms with van der Waals surface area (Å²) in [6, 6.07) is 6.77. The Morgan fingerprint density at radius 2 is 2.00 bits per heavy atom. The number of hydrogen-bond donors (Lipinski definition) is 0. The van der Waals surface area contributed by atoms with Crippen molar-refractivity contribution >= 4 is 0 Å². The highest BCUT2D eigenvalue weighted by atomic mass is 19.1. The zero-order valence-electron chi connectivity index (χ0n) is 13.1. The summed E-state index contributed by atoms with van der Waals surface area (Å²) in [6.07, 6.45) is 3.14. The molecule has 4 rings (SSSR count). The Morgan fingerprint density at radius 1 is 1.13 bits per heavy atom. The predicted molar refractivity (Wildman–Crippen MR) is 83.3 cm³/mol. The molecule has 6 heteroatoms. The molecule has 1 atom stereocenters. The number of nitrogens with zero attached hydrogens (tertiary/aromatic N) is 4. The third-order valence-electron chi connectivity index (χ3n) is 4.68. The van der Waals surface area contributed by atoms with Crippen LogP contribution in [-0.4, -0.2) is 39.4 Å². The summed E-state index contributed by atoms with van der Waals surface area (Å²) in [5, 5.41) is 8.74. The monoisotopic (exact) mass is 316 g/mol. The largest absolute Gasteiger partial charge is 0.370 e. The zero-order chi connectivity index (χ0) is 15.6. The molecule has 1 aromatic heterocycles. The first-order valence-electron chi connectivity index (χ1n) is 8.30. The van der Waals surface area contributed by atoms with Crippen molar-refractivity contribution in [1.82, 2.24) is 19.7 Å². The van der Waals surface area contributed by atoms with Gasteiger partial charge in [0, 0.05) is 39.2 Å². The summed E-state index contributed by atoms with van der Waals surface area (Å²) in [6.45, 7) is 4.44. The minimum absolute atomic E-state index is 0.111. The van der Waals surface area contributed by atoms with Gasteiger partial charge < -0.3 is 9.30 Å². The predicted octanol–water partition coefficient (Wildman–Crippen LogP) is 2.33. The highest BCUT2D eigenvalue weighted by molar-refractivity contribution is 5.16. The van der Waals surface area contributed by atoms with Crippen molar-refractivity contribution in [3.63, 3.8) is 0 Å². The number of ether oxygens (including phenoxy) is 1. The third kappa shape index (κ3) is 3.14. The normalized spacial score (nSPS) is 22.0. The molecule has 0 radical (unpaired) electrons. The molecule has 1 unspecified atom stereocenters. The Morgan fingerprint density at radius 3 is 2.78 bits per heavy atom. The van der Waals surface area contributed by atoms with Gasteiger partial charge in [0.05, 0.1) is 0 Å². The van der Waals surface area contributed by atoms with Crippen LogP contribution in [0.1, 0.15) is 36.2 Å². The van der Waals surface area contributed by atoms with E-state index < -0.39 is 0 Å². The van der Waals surface area contributed by atoms with Crippen molar-refractivity contribution in [3.8, 4) is 0 Å². The molecule has 1 aromatic carbocycles. The second-order valence-electron chi connectivity index (χ2n) is 6.28. The first-order chi connectivity index (χ1) is 11.3. The standard InChI is InChI=1S/C17H21FN4O/c18-14-5-3-13(4-6-14)12-21-8-7-16-19-20-17(22(16)10-9-21)15-2-1-11-23-15/h3-6,15H,1-2,7-12H2. The van der Waals surface area contributed by atoms with Gasteiger partial charge in [-0.05, 0) is 30.5 Å². The Bertz CT molecular complexity index is 664. The summed E-state index contributed by atoms with van der Waals surface area (Å²) in [7, 11) is 0. The van der Waals surface area contributed by atoms with Gasteiger partial charge in [0.1, 0.15) is 17.7 Å². The van der Waals surface area contributed by atoms with E-state index >= 15 is 0 Å². The molecule has 122 valence electrons. The molecule has 2 aliphatic rings. The molecule has 0 amide bonds. The highest BCUT2D eigenvalue weighted by Crippen LogP contribution is 2.28. The van der Waals surface area contributed by atoms with Crippen LogP contribution in [0.4, 0.5) is 4.39 Å². The van der Waals surface area contributed by atoms with Crippen LogP contribution in [-0.2, 0) is 24.2 Å². The number of fused-ring (bicyclic) bond motifs is 1. The first kappa shape index (κ1) is 14.8. The number of aromatic nitrogens is 3. The second kappa shape index (κ2) is 6.37. The van der Waals surface area contributed by atoms with Crippen LogP contribution in [0, 0.1) is 5.82 Å². The lowest BCUT2D eigenvalue weighted by molar-refractivity contribution is 0.101. The molecule has 2 aromatic rings. The molecule has 0 N–H and O–H groups in total. The van der Waals surface area contributed by atoms with E-state index in [0.29, 0.717) is 0 Å². The molecular weight excluding hydrogens is 295 g/mol. The lowest BCUT2D eigenvalue weighted by atomic mass is 10.2. The third-order valence-corrected chi connectivity index (χ3v) is 4.68. The van der Waals surface area contributed by atoms with Crippen LogP contribution in [0.3, 0.4) is 0 Å². The zero-order valence-corrected chi connectivity index (χ0v) is 13.1. The summed E-state index contributed by atoms with van der Waals surface area (Å²) < 4.78 is 21.0. The van der Waals surface area contributed by atoms with E-state index in [1.165, 1.54) is 12.1 Å². The fourth-order valence-electron chi connectivity index (χ4n) is 3.41. The Hall–Kier alpha value is -1.79. The lowest BCUT2D eigenvalue weighted by Crippen LogP contribution is -2.26. The summed E-state index contributed by atoms with van der Waals surface area (Å²) in [4.78, 5) is 2.39. The van der Waals surface area contributed by atoms with Crippen molar-refractivity contribution in [2.45, 2.75) is 38.5 Å². The van der Waals surface area contributed by atoms with E-state index in [2.05, 4.69) is 19.7 Å². The van der Waals surface area contributed by atoms with Gasteiger partial charge >= 0.3 is 0 Å². The average Bonchev–Trinajstić information content (AvgIpc) is 3.17. The second-order valence-corrected chi connectivity index (χ2v) is 6.28. The topological polar surface area (TPSA) is 43.2 Å². The Balaban J connectivity index is 1.45. The maximum absolute atomic E-state index is 13.0. The summed E-state index contributed by atoms with van der Waals surface area (Å²) >= 11 is 0. The van der Waals surface area contributed by atoms with Gasteiger partial charge in [-0.15, -0.1) is 10.2 Å². The van der Waals surface area contributed by atoms with Gasteiger partial charge in [0.2, 0.25) is 0 Å². The van der Waals surface area contributed by atoms with Crippen LogP contribution in [0.2, 0.25) is 0 Å². The van der Waals surface area contributed by atoms with E-state index in [-0.39, 0.29) is 11.9 Å². The van der Waals surface area contributed by atoms with Crippen LogP contribution >= 0.6 is 0 Å². The average molecular weight is 316 g/mol. The van der Waals surface area contributed by atoms with Crippen molar-refractivity contribution in [1.29, 1.82) is 0 Å². The van der Waals surface area contributed by atoms with Gasteiger partial charge in [0.25, 0.3) is 0 Å². The van der Waals surface area contributed by atoms with E-state index in [0.717, 1.165) is 69.3 Å². The SMILES string of the molecule is Fc1ccc(CN2CCc3nnc(C4CCCO4)n3CC2)cc1. The molecule has 0 spiro atoms. The molecule has 0 aliphatic carbocycles. The van der Waals surface area contributed by atoms with Crippen molar-refractivity contribution in [2.24, 2.45) is 0 Å². The fourth-order valence-corrected chi connectivity index (χ4v) is 3.41. The Kier molecular flexibility index (Phi) is 4.10. The number of benzene rings is 1. The molecule has 3 heterocycles. The van der Waals surface area contributed by atoms with Crippen molar-refractivity contribution in [3.05, 3.63) is 47.3 Å². The van der Waals surface area contributed by atoms with Crippen LogP contribution in [0.25, 0.3) is 0 Å². The molecule has 5 nitrogen and oxygen atoms in total. The molecule has 0 bridgehead atoms. The quantitative estimate of drug-likeness (QED) is 0.872. The molecular formula is C17H21FN4O. The van der Waals surface area contributed by atoms with Crippen molar-refractivity contribution in [2.75, 3.05) is 19.7 Å². The smallest absolute Gasteiger partial charge is 0.162 e. The van der Waals surface area contributed by atoms with Crippen LogP contribution in [0.15, 0.2) is 24.3 Å². The van der Waals surface area contributed by atoms with Gasteiger partial charge in [-0.3, -0.25) is 4.90 Å². The molecule has 1 saturated heterocycles. The number of halogens is 1. The minimum Gasteiger partial charge on any atom is -0.370 e. The lowest BCUT2D eigenvalue weighted by Gasteiger charge is -2.20. The molecule has 23 heavy (non-hydrogen) atoms. The van der Waals surface area contributed by atoms with E-state index in [4.69, 9.17) is 4.74 Å².